The van der Waals surface area contributed by atoms with Gasteiger partial charge in [0.25, 0.3) is 0 Å². The molecule has 2 aliphatic heterocycles. The fourth-order valence-electron chi connectivity index (χ4n) is 3.66. The van der Waals surface area contributed by atoms with E-state index in [4.69, 9.17) is 23.7 Å². The number of imidazole rings is 1. The molecule has 4 rings (SSSR count). The number of hydrogen-bond donors (Lipinski definition) is 0. The van der Waals surface area contributed by atoms with E-state index >= 15 is 0 Å². The molecule has 32 heavy (non-hydrogen) atoms. The lowest BCUT2D eigenvalue weighted by Crippen LogP contribution is -2.40. The van der Waals surface area contributed by atoms with Crippen LogP contribution in [0.4, 0.5) is 0 Å². The zero-order valence-corrected chi connectivity index (χ0v) is 20.5. The van der Waals surface area contributed by atoms with Crippen molar-refractivity contribution < 1.29 is 33.3 Å². The summed E-state index contributed by atoms with van der Waals surface area (Å²) in [5, 5.41) is 0.741. The number of carbonyl (C=O) groups excluding carboxylic acids is 2. The van der Waals surface area contributed by atoms with E-state index in [2.05, 4.69) is 30.9 Å². The number of esters is 2. The normalized spacial score (nSPS) is 31.8. The molecule has 2 fully saturated rings. The molecule has 0 amide bonds. The molecule has 2 aromatic heterocycles. The summed E-state index contributed by atoms with van der Waals surface area (Å²) in [5.74, 6) is -2.58. The Kier molecular flexibility index (Phi) is 6.22. The van der Waals surface area contributed by atoms with Crippen LogP contribution in [0.15, 0.2) is 17.7 Å². The summed E-state index contributed by atoms with van der Waals surface area (Å²) in [7, 11) is 0. The molecular formula is C19H23BrN4O7S. The second-order valence-electron chi connectivity index (χ2n) is 7.97. The lowest BCUT2D eigenvalue weighted by molar-refractivity contribution is -0.336. The molecule has 1 unspecified atom stereocenters. The second kappa shape index (κ2) is 8.52. The molecule has 0 spiro atoms. The Hall–Kier alpha value is -1.80. The molecule has 0 N–H and O–H groups in total. The number of aromatic nitrogens is 4. The lowest BCUT2D eigenvalue weighted by atomic mass is 10.1. The van der Waals surface area contributed by atoms with Gasteiger partial charge >= 0.3 is 17.9 Å². The molecule has 13 heteroatoms. The zero-order valence-electron chi connectivity index (χ0n) is 18.1. The number of carbonyl (C=O) groups is 2. The monoisotopic (exact) mass is 530 g/mol. The van der Waals surface area contributed by atoms with Crippen LogP contribution < -0.4 is 0 Å². The molecular weight excluding hydrogens is 508 g/mol. The van der Waals surface area contributed by atoms with Crippen molar-refractivity contribution in [3.8, 4) is 0 Å². The summed E-state index contributed by atoms with van der Waals surface area (Å²) in [6.07, 6.45) is 3.00. The van der Waals surface area contributed by atoms with Crippen LogP contribution in [0, 0.1) is 0 Å². The van der Waals surface area contributed by atoms with Gasteiger partial charge < -0.3 is 18.9 Å². The maximum absolute atomic E-state index is 12.0. The molecule has 0 aliphatic carbocycles. The van der Waals surface area contributed by atoms with Crippen molar-refractivity contribution in [2.75, 3.05) is 12.9 Å². The van der Waals surface area contributed by atoms with Gasteiger partial charge in [0.1, 0.15) is 29.1 Å². The van der Waals surface area contributed by atoms with Gasteiger partial charge in [-0.3, -0.25) is 14.1 Å². The van der Waals surface area contributed by atoms with E-state index in [9.17, 15) is 9.59 Å². The first-order chi connectivity index (χ1) is 15.0. The van der Waals surface area contributed by atoms with Gasteiger partial charge in [0, 0.05) is 13.8 Å². The Labute approximate surface area is 196 Å². The summed E-state index contributed by atoms with van der Waals surface area (Å²) < 4.78 is 30.1. The average molecular weight is 531 g/mol. The first kappa shape index (κ1) is 23.4. The largest absolute Gasteiger partial charge is 0.458 e. The SMILES string of the molecule is CSc1ncnc2c1ncn2[C@@H]1O[C@H](COC2(C)OC(=O)C(C)(C)O2)[C@@H](OC(C)=O)[C@@H]1Br. The van der Waals surface area contributed by atoms with E-state index in [1.807, 2.05) is 6.26 Å². The van der Waals surface area contributed by atoms with Gasteiger partial charge in [-0.15, -0.1) is 11.8 Å². The topological polar surface area (TPSA) is 124 Å². The number of nitrogens with zero attached hydrogens (tertiary/aromatic N) is 4. The highest BCUT2D eigenvalue weighted by atomic mass is 79.9. The molecule has 4 heterocycles. The van der Waals surface area contributed by atoms with Crippen LogP contribution in [0.5, 0.6) is 0 Å². The average Bonchev–Trinajstić information content (AvgIpc) is 3.33. The van der Waals surface area contributed by atoms with Gasteiger partial charge in [-0.25, -0.2) is 19.7 Å². The van der Waals surface area contributed by atoms with Gasteiger partial charge in [-0.1, -0.05) is 15.9 Å². The Morgan fingerprint density at radius 1 is 1.31 bits per heavy atom. The van der Waals surface area contributed by atoms with E-state index in [1.54, 1.807) is 24.7 Å². The van der Waals surface area contributed by atoms with E-state index in [-0.39, 0.29) is 6.61 Å². The van der Waals surface area contributed by atoms with Gasteiger partial charge in [-0.05, 0) is 20.1 Å². The third-order valence-electron chi connectivity index (χ3n) is 5.08. The molecule has 0 aromatic carbocycles. The first-order valence-electron chi connectivity index (χ1n) is 9.80. The van der Waals surface area contributed by atoms with Crippen molar-refractivity contribution in [3.63, 3.8) is 0 Å². The molecule has 2 aromatic rings. The predicted molar refractivity (Wildman–Crippen MR) is 115 cm³/mol. The second-order valence-corrected chi connectivity index (χ2v) is 9.82. The highest BCUT2D eigenvalue weighted by Gasteiger charge is 2.53. The summed E-state index contributed by atoms with van der Waals surface area (Å²) in [4.78, 5) is 36.3. The van der Waals surface area contributed by atoms with Crippen LogP contribution in [-0.2, 0) is 33.3 Å². The molecule has 11 nitrogen and oxygen atoms in total. The van der Waals surface area contributed by atoms with Crippen LogP contribution in [0.3, 0.4) is 0 Å². The van der Waals surface area contributed by atoms with Crippen molar-refractivity contribution >= 4 is 50.8 Å². The van der Waals surface area contributed by atoms with E-state index in [0.717, 1.165) is 5.03 Å². The Balaban J connectivity index is 1.57. The fraction of sp³-hybridized carbons (Fsp3) is 0.632. The predicted octanol–water partition coefficient (Wildman–Crippen LogP) is 2.18. The standard InChI is InChI=1S/C19H23BrN4O7S/c1-9(25)28-13-10(6-27-19(4)30-17(26)18(2,3)31-19)29-16(11(13)20)24-8-23-12-14(24)21-7-22-15(12)32-5/h7-8,10-11,13,16H,6H2,1-5H3/t10-,11+,13-,16-,19?/m1/s1. The summed E-state index contributed by atoms with van der Waals surface area (Å²) in [6.45, 7) is 5.95. The Morgan fingerprint density at radius 2 is 2.06 bits per heavy atom. The van der Waals surface area contributed by atoms with Gasteiger partial charge in [-0.2, -0.15) is 0 Å². The summed E-state index contributed by atoms with van der Waals surface area (Å²) in [5.41, 5.74) is 0.0997. The third kappa shape index (κ3) is 4.23. The quantitative estimate of drug-likeness (QED) is 0.236. The van der Waals surface area contributed by atoms with Crippen molar-refractivity contribution in [1.29, 1.82) is 0 Å². The number of cyclic esters (lactones) is 1. The van der Waals surface area contributed by atoms with Gasteiger partial charge in [0.05, 0.1) is 17.8 Å². The molecule has 174 valence electrons. The Bertz CT molecular complexity index is 1050. The maximum Gasteiger partial charge on any atom is 0.342 e. The first-order valence-corrected chi connectivity index (χ1v) is 11.9. The summed E-state index contributed by atoms with van der Waals surface area (Å²) >= 11 is 5.07. The van der Waals surface area contributed by atoms with Crippen LogP contribution in [0.25, 0.3) is 11.2 Å². The number of halogens is 1. The van der Waals surface area contributed by atoms with Crippen LogP contribution in [-0.4, -0.2) is 72.9 Å². The minimum atomic E-state index is -1.58. The molecule has 0 radical (unpaired) electrons. The molecule has 0 saturated carbocycles. The van der Waals surface area contributed by atoms with Crippen molar-refractivity contribution in [3.05, 3.63) is 12.7 Å². The van der Waals surface area contributed by atoms with Crippen molar-refractivity contribution in [1.82, 2.24) is 19.5 Å². The minimum absolute atomic E-state index is 0.0614. The number of fused-ring (bicyclic) bond motifs is 1. The van der Waals surface area contributed by atoms with Crippen LogP contribution in [0.1, 0.15) is 33.9 Å². The Morgan fingerprint density at radius 3 is 2.69 bits per heavy atom. The third-order valence-corrected chi connectivity index (χ3v) is 6.74. The number of thioether (sulfide) groups is 1. The fourth-order valence-corrected chi connectivity index (χ4v) is 4.98. The molecule has 2 aliphatic rings. The van der Waals surface area contributed by atoms with E-state index in [0.29, 0.717) is 11.2 Å². The van der Waals surface area contributed by atoms with Gasteiger partial charge in [0.15, 0.2) is 17.5 Å². The minimum Gasteiger partial charge on any atom is -0.458 e. The number of alkyl halides is 1. The molecule has 2 saturated heterocycles. The highest BCUT2D eigenvalue weighted by Crippen LogP contribution is 2.40. The van der Waals surface area contributed by atoms with Crippen molar-refractivity contribution in [2.45, 2.75) is 67.6 Å². The molecule has 0 bridgehead atoms. The van der Waals surface area contributed by atoms with E-state index < -0.39 is 46.8 Å². The lowest BCUT2D eigenvalue weighted by Gasteiger charge is -2.26. The van der Waals surface area contributed by atoms with Crippen LogP contribution >= 0.6 is 27.7 Å². The van der Waals surface area contributed by atoms with Crippen molar-refractivity contribution in [2.24, 2.45) is 0 Å². The van der Waals surface area contributed by atoms with Gasteiger partial charge in [0.2, 0.25) is 0 Å². The smallest absolute Gasteiger partial charge is 0.342 e. The molecule has 5 atom stereocenters. The summed E-state index contributed by atoms with van der Waals surface area (Å²) in [6, 6.07) is 0. The number of ether oxygens (including phenoxy) is 5. The zero-order chi connectivity index (χ0) is 23.3. The number of rotatable bonds is 6. The van der Waals surface area contributed by atoms with E-state index in [1.165, 1.54) is 31.9 Å². The van der Waals surface area contributed by atoms with Crippen LogP contribution in [0.2, 0.25) is 0 Å². The highest BCUT2D eigenvalue weighted by molar-refractivity contribution is 9.09. The maximum atomic E-state index is 12.0. The number of hydrogen-bond acceptors (Lipinski definition) is 11.